The molecule has 4 nitrogen and oxygen atoms in total. The molecule has 0 radical (unpaired) electrons. The number of hydrogen-bond donors (Lipinski definition) is 2. The van der Waals surface area contributed by atoms with E-state index in [2.05, 4.69) is 16.3 Å². The van der Waals surface area contributed by atoms with Gasteiger partial charge in [0.15, 0.2) is 0 Å². The highest BCUT2D eigenvalue weighted by Gasteiger charge is 2.33. The number of para-hydroxylation sites is 2. The summed E-state index contributed by atoms with van der Waals surface area (Å²) in [4.78, 5) is 14.2. The van der Waals surface area contributed by atoms with E-state index in [1.54, 1.807) is 0 Å². The molecule has 2 unspecified atom stereocenters. The molecule has 0 bridgehead atoms. The quantitative estimate of drug-likeness (QED) is 0.853. The van der Waals surface area contributed by atoms with Gasteiger partial charge in [0.2, 0.25) is 5.91 Å². The van der Waals surface area contributed by atoms with Crippen molar-refractivity contribution < 1.29 is 4.79 Å². The predicted molar refractivity (Wildman–Crippen MR) is 77.2 cm³/mol. The Balaban J connectivity index is 1.93. The van der Waals surface area contributed by atoms with Crippen LogP contribution in [0.5, 0.6) is 0 Å². The van der Waals surface area contributed by atoms with Gasteiger partial charge in [-0.25, -0.2) is 0 Å². The van der Waals surface area contributed by atoms with E-state index in [-0.39, 0.29) is 5.91 Å². The van der Waals surface area contributed by atoms with Gasteiger partial charge in [-0.05, 0) is 37.4 Å². The van der Waals surface area contributed by atoms with Gasteiger partial charge in [-0.1, -0.05) is 25.0 Å². The van der Waals surface area contributed by atoms with Crippen molar-refractivity contribution in [3.05, 3.63) is 24.3 Å². The monoisotopic (exact) mass is 259 g/mol. The summed E-state index contributed by atoms with van der Waals surface area (Å²) >= 11 is 0. The number of carbonyl (C=O) groups excluding carboxylic acids is 1. The lowest BCUT2D eigenvalue weighted by Crippen LogP contribution is -2.50. The third-order valence-corrected chi connectivity index (χ3v) is 4.37. The fraction of sp³-hybridized carbons (Fsp3) is 0.533. The number of amides is 1. The molecule has 4 heteroatoms. The summed E-state index contributed by atoms with van der Waals surface area (Å²) in [5.74, 6) is 0.591. The SMILES string of the molecule is NCC1CCCCC1N1CC(=O)Nc2ccccc21. The molecule has 102 valence electrons. The van der Waals surface area contributed by atoms with E-state index in [0.29, 0.717) is 25.0 Å². The molecular weight excluding hydrogens is 238 g/mol. The van der Waals surface area contributed by atoms with Crippen molar-refractivity contribution in [1.82, 2.24) is 0 Å². The zero-order valence-corrected chi connectivity index (χ0v) is 11.1. The van der Waals surface area contributed by atoms with Gasteiger partial charge in [-0.3, -0.25) is 4.79 Å². The standard InChI is InChI=1S/C15H21N3O/c16-9-11-5-1-3-7-13(11)18-10-15(19)17-12-6-2-4-8-14(12)18/h2,4,6,8,11,13H,1,3,5,7,9-10,16H2,(H,17,19). The number of hydrogen-bond acceptors (Lipinski definition) is 3. The predicted octanol–water partition coefficient (Wildman–Crippen LogP) is 1.96. The minimum absolute atomic E-state index is 0.0834. The van der Waals surface area contributed by atoms with Crippen molar-refractivity contribution in [2.45, 2.75) is 31.7 Å². The molecule has 1 heterocycles. The van der Waals surface area contributed by atoms with Crippen LogP contribution >= 0.6 is 0 Å². The second-order valence-corrected chi connectivity index (χ2v) is 5.54. The van der Waals surface area contributed by atoms with E-state index in [4.69, 9.17) is 5.73 Å². The zero-order valence-electron chi connectivity index (χ0n) is 11.1. The highest BCUT2D eigenvalue weighted by atomic mass is 16.2. The molecule has 1 saturated carbocycles. The molecule has 1 amide bonds. The first kappa shape index (κ1) is 12.5. The molecule has 2 aliphatic rings. The van der Waals surface area contributed by atoms with Crippen molar-refractivity contribution in [1.29, 1.82) is 0 Å². The van der Waals surface area contributed by atoms with Crippen molar-refractivity contribution in [3.8, 4) is 0 Å². The van der Waals surface area contributed by atoms with Crippen molar-refractivity contribution in [2.24, 2.45) is 11.7 Å². The van der Waals surface area contributed by atoms with Gasteiger partial charge < -0.3 is 16.0 Å². The van der Waals surface area contributed by atoms with Crippen LogP contribution < -0.4 is 16.0 Å². The van der Waals surface area contributed by atoms with Crippen LogP contribution in [-0.4, -0.2) is 25.0 Å². The molecule has 3 N–H and O–H groups in total. The average Bonchev–Trinajstić information content (AvgIpc) is 2.46. The van der Waals surface area contributed by atoms with E-state index >= 15 is 0 Å². The third-order valence-electron chi connectivity index (χ3n) is 4.37. The van der Waals surface area contributed by atoms with Crippen LogP contribution in [0, 0.1) is 5.92 Å². The normalized spacial score (nSPS) is 26.8. The molecule has 2 atom stereocenters. The van der Waals surface area contributed by atoms with Gasteiger partial charge in [0, 0.05) is 6.04 Å². The van der Waals surface area contributed by atoms with E-state index in [1.807, 2.05) is 18.2 Å². The van der Waals surface area contributed by atoms with E-state index in [1.165, 1.54) is 19.3 Å². The fourth-order valence-corrected chi connectivity index (χ4v) is 3.43. The maximum absolute atomic E-state index is 11.9. The van der Waals surface area contributed by atoms with Gasteiger partial charge in [0.25, 0.3) is 0 Å². The third kappa shape index (κ3) is 2.32. The number of anilines is 2. The molecule has 0 spiro atoms. The maximum atomic E-state index is 11.9. The first-order valence-electron chi connectivity index (χ1n) is 7.15. The number of carbonyl (C=O) groups is 1. The summed E-state index contributed by atoms with van der Waals surface area (Å²) in [5.41, 5.74) is 8.00. The second kappa shape index (κ2) is 5.21. The Labute approximate surface area is 114 Å². The molecule has 3 rings (SSSR count). The number of nitrogens with two attached hydrogens (primary N) is 1. The summed E-state index contributed by atoms with van der Waals surface area (Å²) in [5, 5.41) is 2.95. The number of rotatable bonds is 2. The highest BCUT2D eigenvalue weighted by molar-refractivity contribution is 6.01. The molecule has 1 fully saturated rings. The number of nitrogens with one attached hydrogen (secondary N) is 1. The van der Waals surface area contributed by atoms with Crippen LogP contribution in [0.3, 0.4) is 0 Å². The molecule has 1 aromatic rings. The topological polar surface area (TPSA) is 58.4 Å². The number of benzene rings is 1. The van der Waals surface area contributed by atoms with Crippen LogP contribution in [0.25, 0.3) is 0 Å². The van der Waals surface area contributed by atoms with E-state index in [9.17, 15) is 4.79 Å². The summed E-state index contributed by atoms with van der Waals surface area (Å²) in [7, 11) is 0. The summed E-state index contributed by atoms with van der Waals surface area (Å²) in [6, 6.07) is 8.47. The van der Waals surface area contributed by atoms with Gasteiger partial charge in [-0.2, -0.15) is 0 Å². The molecule has 1 aliphatic carbocycles. The first-order chi connectivity index (χ1) is 9.29. The van der Waals surface area contributed by atoms with Crippen LogP contribution in [0.1, 0.15) is 25.7 Å². The van der Waals surface area contributed by atoms with Crippen LogP contribution in [0.15, 0.2) is 24.3 Å². The lowest BCUT2D eigenvalue weighted by Gasteiger charge is -2.43. The highest BCUT2D eigenvalue weighted by Crippen LogP contribution is 2.36. The summed E-state index contributed by atoms with van der Waals surface area (Å²) in [6.07, 6.45) is 4.83. The Kier molecular flexibility index (Phi) is 3.42. The fourth-order valence-electron chi connectivity index (χ4n) is 3.43. The van der Waals surface area contributed by atoms with Crippen molar-refractivity contribution >= 4 is 17.3 Å². The van der Waals surface area contributed by atoms with Crippen molar-refractivity contribution in [2.75, 3.05) is 23.3 Å². The summed E-state index contributed by atoms with van der Waals surface area (Å²) in [6.45, 7) is 1.17. The Morgan fingerprint density at radius 1 is 1.26 bits per heavy atom. The van der Waals surface area contributed by atoms with Crippen molar-refractivity contribution in [3.63, 3.8) is 0 Å². The van der Waals surface area contributed by atoms with Crippen LogP contribution in [-0.2, 0) is 4.79 Å². The smallest absolute Gasteiger partial charge is 0.243 e. The molecule has 19 heavy (non-hydrogen) atoms. The Hall–Kier alpha value is -1.55. The number of fused-ring (bicyclic) bond motifs is 1. The minimum atomic E-state index is 0.0834. The Bertz CT molecular complexity index is 474. The Morgan fingerprint density at radius 3 is 2.89 bits per heavy atom. The van der Waals surface area contributed by atoms with Gasteiger partial charge in [0.1, 0.15) is 0 Å². The van der Waals surface area contributed by atoms with E-state index in [0.717, 1.165) is 17.8 Å². The zero-order chi connectivity index (χ0) is 13.2. The molecular formula is C15H21N3O. The lowest BCUT2D eigenvalue weighted by atomic mass is 9.83. The minimum Gasteiger partial charge on any atom is -0.357 e. The van der Waals surface area contributed by atoms with Gasteiger partial charge in [0.05, 0.1) is 17.9 Å². The largest absolute Gasteiger partial charge is 0.357 e. The van der Waals surface area contributed by atoms with Crippen LogP contribution in [0.4, 0.5) is 11.4 Å². The van der Waals surface area contributed by atoms with Gasteiger partial charge >= 0.3 is 0 Å². The second-order valence-electron chi connectivity index (χ2n) is 5.54. The molecule has 0 aromatic heterocycles. The molecule has 1 aromatic carbocycles. The first-order valence-corrected chi connectivity index (χ1v) is 7.15. The lowest BCUT2D eigenvalue weighted by molar-refractivity contribution is -0.115. The maximum Gasteiger partial charge on any atom is 0.243 e. The van der Waals surface area contributed by atoms with E-state index < -0.39 is 0 Å². The Morgan fingerprint density at radius 2 is 2.05 bits per heavy atom. The molecule has 1 aliphatic heterocycles. The molecule has 0 saturated heterocycles. The van der Waals surface area contributed by atoms with Gasteiger partial charge in [-0.15, -0.1) is 0 Å². The van der Waals surface area contributed by atoms with Crippen LogP contribution in [0.2, 0.25) is 0 Å². The average molecular weight is 259 g/mol. The summed E-state index contributed by atoms with van der Waals surface area (Å²) < 4.78 is 0. The number of nitrogens with zero attached hydrogens (tertiary/aromatic N) is 1.